The van der Waals surface area contributed by atoms with E-state index in [-0.39, 0.29) is 5.75 Å². The molecule has 0 unspecified atom stereocenters. The second-order valence-corrected chi connectivity index (χ2v) is 3.28. The molecular weight excluding hydrogens is 154 g/mol. The summed E-state index contributed by atoms with van der Waals surface area (Å²) in [6, 6.07) is 0. The summed E-state index contributed by atoms with van der Waals surface area (Å²) in [5.74, 6) is -0.368. The van der Waals surface area contributed by atoms with Crippen molar-refractivity contribution in [1.29, 1.82) is 0 Å². The molecule has 0 saturated carbocycles. The lowest BCUT2D eigenvalue weighted by Crippen LogP contribution is -1.99. The van der Waals surface area contributed by atoms with Crippen molar-refractivity contribution in [2.75, 3.05) is 18.8 Å². The maximum absolute atomic E-state index is 9.72. The Morgan fingerprint density at radius 1 is 1.60 bits per heavy atom. The highest BCUT2D eigenvalue weighted by Crippen LogP contribution is 1.78. The molecule has 1 aliphatic heterocycles. The Labute approximate surface area is 60.7 Å². The summed E-state index contributed by atoms with van der Waals surface area (Å²) >= 11 is 0. The molecule has 4 nitrogen and oxygen atoms in total. The van der Waals surface area contributed by atoms with Crippen LogP contribution in [0.1, 0.15) is 0 Å². The zero-order valence-electron chi connectivity index (χ0n) is 5.58. The molecule has 1 saturated heterocycles. The largest absolute Gasteiger partial charge is 0.314 e. The van der Waals surface area contributed by atoms with Gasteiger partial charge in [0.15, 0.2) is 0 Å². The zero-order chi connectivity index (χ0) is 8.04. The predicted molar refractivity (Wildman–Crippen MR) is 39.5 cm³/mol. The van der Waals surface area contributed by atoms with E-state index in [0.717, 1.165) is 6.08 Å². The third-order valence-corrected chi connectivity index (χ3v) is 1.24. The van der Waals surface area contributed by atoms with E-state index in [9.17, 15) is 8.42 Å². The van der Waals surface area contributed by atoms with Gasteiger partial charge in [0.25, 0.3) is 10.1 Å². The average molecular weight is 165 g/mol. The quantitative estimate of drug-likeness (QED) is 0.333. The van der Waals surface area contributed by atoms with E-state index >= 15 is 0 Å². The summed E-state index contributed by atoms with van der Waals surface area (Å²) in [4.78, 5) is 0. The van der Waals surface area contributed by atoms with Gasteiger partial charge in [0.1, 0.15) is 0 Å². The normalized spacial score (nSPS) is 14.9. The van der Waals surface area contributed by atoms with Gasteiger partial charge in [0.2, 0.25) is 0 Å². The molecule has 0 aromatic heterocycles. The van der Waals surface area contributed by atoms with Gasteiger partial charge in [-0.05, 0) is 0 Å². The predicted octanol–water partition coefficient (Wildman–Crippen LogP) is -0.350. The van der Waals surface area contributed by atoms with E-state index in [1.54, 1.807) is 0 Å². The molecule has 0 amide bonds. The molecule has 5 heteroatoms. The first-order valence-corrected chi connectivity index (χ1v) is 4.44. The van der Waals surface area contributed by atoms with Crippen LogP contribution in [0.2, 0.25) is 0 Å². The van der Waals surface area contributed by atoms with Crippen LogP contribution < -0.4 is 5.32 Å². The van der Waals surface area contributed by atoms with E-state index in [1.807, 2.05) is 0 Å². The lowest BCUT2D eigenvalue weighted by molar-refractivity contribution is 0.487. The summed E-state index contributed by atoms with van der Waals surface area (Å²) in [7, 11) is -3.79. The lowest BCUT2D eigenvalue weighted by atomic mass is 10.8. The maximum Gasteiger partial charge on any atom is 0.268 e. The maximum atomic E-state index is 9.72. The SMILES string of the molecule is C1CN1.C=CCS(=O)(=O)O. The van der Waals surface area contributed by atoms with Gasteiger partial charge in [-0.2, -0.15) is 8.42 Å². The molecule has 0 radical (unpaired) electrons. The average Bonchev–Trinajstić information content (AvgIpc) is 2.40. The van der Waals surface area contributed by atoms with Crippen molar-refractivity contribution >= 4 is 10.1 Å². The van der Waals surface area contributed by atoms with Crippen molar-refractivity contribution < 1.29 is 13.0 Å². The number of nitrogens with one attached hydrogen (secondary N) is 1. The second kappa shape index (κ2) is 4.43. The van der Waals surface area contributed by atoms with E-state index in [2.05, 4.69) is 11.9 Å². The van der Waals surface area contributed by atoms with Gasteiger partial charge in [-0.3, -0.25) is 4.55 Å². The molecule has 1 heterocycles. The number of hydrogen-bond acceptors (Lipinski definition) is 3. The van der Waals surface area contributed by atoms with Crippen molar-refractivity contribution in [1.82, 2.24) is 5.32 Å². The highest BCUT2D eigenvalue weighted by molar-refractivity contribution is 7.85. The first kappa shape index (κ1) is 9.61. The first-order valence-electron chi connectivity index (χ1n) is 2.83. The van der Waals surface area contributed by atoms with Gasteiger partial charge in [-0.15, -0.1) is 6.58 Å². The highest BCUT2D eigenvalue weighted by Gasteiger charge is 1.95. The van der Waals surface area contributed by atoms with Crippen molar-refractivity contribution in [2.45, 2.75) is 0 Å². The Morgan fingerprint density at radius 3 is 2.00 bits per heavy atom. The van der Waals surface area contributed by atoms with Crippen molar-refractivity contribution in [3.63, 3.8) is 0 Å². The van der Waals surface area contributed by atoms with Crippen LogP contribution in [0.15, 0.2) is 12.7 Å². The van der Waals surface area contributed by atoms with Crippen LogP contribution in [0.5, 0.6) is 0 Å². The van der Waals surface area contributed by atoms with E-state index in [0.29, 0.717) is 0 Å². The molecule has 60 valence electrons. The van der Waals surface area contributed by atoms with E-state index < -0.39 is 10.1 Å². The first-order chi connectivity index (χ1) is 4.56. The Balaban J connectivity index is 0.000000219. The van der Waals surface area contributed by atoms with Crippen LogP contribution >= 0.6 is 0 Å². The summed E-state index contributed by atoms with van der Waals surface area (Å²) in [6.07, 6.45) is 1.12. The monoisotopic (exact) mass is 165 g/mol. The minimum absolute atomic E-state index is 0.368. The van der Waals surface area contributed by atoms with Gasteiger partial charge < -0.3 is 5.32 Å². The molecule has 10 heavy (non-hydrogen) atoms. The van der Waals surface area contributed by atoms with Gasteiger partial charge in [0, 0.05) is 13.1 Å². The fraction of sp³-hybridized carbons (Fsp3) is 0.600. The third kappa shape index (κ3) is 15.6. The molecule has 2 N–H and O–H groups in total. The summed E-state index contributed by atoms with van der Waals surface area (Å²) in [5, 5.41) is 3.00. The van der Waals surface area contributed by atoms with Crippen LogP contribution in [0, 0.1) is 0 Å². The summed E-state index contributed by atoms with van der Waals surface area (Å²) in [6.45, 7) is 5.61. The van der Waals surface area contributed by atoms with Gasteiger partial charge >= 0.3 is 0 Å². The minimum Gasteiger partial charge on any atom is -0.314 e. The minimum atomic E-state index is -3.79. The third-order valence-electron chi connectivity index (χ3n) is 0.578. The van der Waals surface area contributed by atoms with Crippen LogP contribution in [-0.2, 0) is 10.1 Å². The lowest BCUT2D eigenvalue weighted by Gasteiger charge is -1.82. The molecule has 1 aliphatic rings. The molecule has 1 rings (SSSR count). The molecule has 0 spiro atoms. The van der Waals surface area contributed by atoms with Gasteiger partial charge in [-0.1, -0.05) is 6.08 Å². The van der Waals surface area contributed by atoms with Crippen LogP contribution in [0.25, 0.3) is 0 Å². The fourth-order valence-corrected chi connectivity index (χ4v) is 0.447. The molecule has 0 aliphatic carbocycles. The van der Waals surface area contributed by atoms with Crippen molar-refractivity contribution in [2.24, 2.45) is 0 Å². The number of hydrogen-bond donors (Lipinski definition) is 2. The molecule has 0 bridgehead atoms. The number of rotatable bonds is 2. The van der Waals surface area contributed by atoms with E-state index in [4.69, 9.17) is 4.55 Å². The van der Waals surface area contributed by atoms with Gasteiger partial charge in [0.05, 0.1) is 5.75 Å². The van der Waals surface area contributed by atoms with Crippen LogP contribution in [-0.4, -0.2) is 31.8 Å². The van der Waals surface area contributed by atoms with Crippen molar-refractivity contribution in [3.05, 3.63) is 12.7 Å². The standard InChI is InChI=1S/C3H6O3S.C2H5N/c1-2-3-7(4,5)6;1-2-3-1/h2H,1,3H2,(H,4,5,6);3H,1-2H2. The van der Waals surface area contributed by atoms with Gasteiger partial charge in [-0.25, -0.2) is 0 Å². The van der Waals surface area contributed by atoms with Crippen LogP contribution in [0.3, 0.4) is 0 Å². The molecule has 0 aromatic rings. The fourth-order valence-electron chi connectivity index (χ4n) is 0.149. The smallest absolute Gasteiger partial charge is 0.268 e. The zero-order valence-corrected chi connectivity index (χ0v) is 6.39. The Morgan fingerprint density at radius 2 is 2.00 bits per heavy atom. The molecule has 0 atom stereocenters. The Bertz CT molecular complexity index is 180. The Hall–Kier alpha value is -0.390. The highest BCUT2D eigenvalue weighted by atomic mass is 32.2. The summed E-state index contributed by atoms with van der Waals surface area (Å²) in [5.41, 5.74) is 0. The molecule has 0 aromatic carbocycles. The second-order valence-electron chi connectivity index (χ2n) is 1.79. The van der Waals surface area contributed by atoms with Crippen molar-refractivity contribution in [3.8, 4) is 0 Å². The molecular formula is C5H11NO3S. The van der Waals surface area contributed by atoms with E-state index in [1.165, 1.54) is 13.1 Å². The van der Waals surface area contributed by atoms with Crippen LogP contribution in [0.4, 0.5) is 0 Å². The Kier molecular flexibility index (Phi) is 4.26. The summed E-state index contributed by atoms with van der Waals surface area (Å²) < 4.78 is 27.3. The molecule has 1 fully saturated rings. The topological polar surface area (TPSA) is 76.3 Å².